The minimum absolute atomic E-state index is 0.00392. The van der Waals surface area contributed by atoms with E-state index in [9.17, 15) is 9.59 Å². The number of likely N-dealkylation sites (tertiary alicyclic amines) is 1. The Balaban J connectivity index is 1.97. The Morgan fingerprint density at radius 2 is 2.05 bits per heavy atom. The standard InChI is InChI=1S/C15H17N3O2/c1-11(19)13-4-6-14(7-5-13)17-15(20)18-8-2-3-12(9-16)10-18/h4-7,12H,2-3,8,10H2,1H3,(H,17,20)/t12-/m0/s1. The van der Waals surface area contributed by atoms with Gasteiger partial charge in [0.2, 0.25) is 0 Å². The van der Waals surface area contributed by atoms with Crippen LogP contribution in [-0.2, 0) is 0 Å². The monoisotopic (exact) mass is 271 g/mol. The summed E-state index contributed by atoms with van der Waals surface area (Å²) >= 11 is 0. The summed E-state index contributed by atoms with van der Waals surface area (Å²) < 4.78 is 0. The average molecular weight is 271 g/mol. The Bertz CT molecular complexity index is 545. The molecule has 1 aromatic rings. The van der Waals surface area contributed by atoms with Crippen molar-refractivity contribution in [3.63, 3.8) is 0 Å². The number of benzene rings is 1. The number of anilines is 1. The smallest absolute Gasteiger partial charge is 0.321 e. The third kappa shape index (κ3) is 3.35. The van der Waals surface area contributed by atoms with E-state index in [-0.39, 0.29) is 17.7 Å². The normalized spacial score (nSPS) is 18.2. The third-order valence-corrected chi connectivity index (χ3v) is 3.43. The van der Waals surface area contributed by atoms with Gasteiger partial charge in [-0.3, -0.25) is 4.79 Å². The lowest BCUT2D eigenvalue weighted by molar-refractivity contribution is 0.101. The van der Waals surface area contributed by atoms with Gasteiger partial charge in [-0.2, -0.15) is 5.26 Å². The fourth-order valence-corrected chi connectivity index (χ4v) is 2.26. The maximum absolute atomic E-state index is 12.1. The molecule has 1 aliphatic rings. The summed E-state index contributed by atoms with van der Waals surface area (Å²) in [6.45, 7) is 2.66. The average Bonchev–Trinajstić information content (AvgIpc) is 2.47. The number of ketones is 1. The van der Waals surface area contributed by atoms with Gasteiger partial charge in [-0.05, 0) is 44.0 Å². The summed E-state index contributed by atoms with van der Waals surface area (Å²) in [5.74, 6) is -0.0784. The highest BCUT2D eigenvalue weighted by Gasteiger charge is 2.23. The van der Waals surface area contributed by atoms with Gasteiger partial charge in [-0.1, -0.05) is 0 Å². The number of carbonyl (C=O) groups is 2. The van der Waals surface area contributed by atoms with E-state index in [4.69, 9.17) is 5.26 Å². The molecular formula is C15H17N3O2. The largest absolute Gasteiger partial charge is 0.323 e. The van der Waals surface area contributed by atoms with Crippen LogP contribution in [0.15, 0.2) is 24.3 Å². The first kappa shape index (κ1) is 14.1. The Hall–Kier alpha value is -2.35. The molecule has 0 aromatic heterocycles. The lowest BCUT2D eigenvalue weighted by atomic mass is 10.0. The van der Waals surface area contributed by atoms with E-state index in [0.29, 0.717) is 24.3 Å². The van der Waals surface area contributed by atoms with Crippen molar-refractivity contribution >= 4 is 17.5 Å². The van der Waals surface area contributed by atoms with Gasteiger partial charge in [0, 0.05) is 24.3 Å². The van der Waals surface area contributed by atoms with Gasteiger partial charge >= 0.3 is 6.03 Å². The van der Waals surface area contributed by atoms with E-state index < -0.39 is 0 Å². The predicted octanol–water partition coefficient (Wildman–Crippen LogP) is 2.66. The highest BCUT2D eigenvalue weighted by molar-refractivity contribution is 5.95. The number of amides is 2. The van der Waals surface area contributed by atoms with Crippen LogP contribution in [0.3, 0.4) is 0 Å². The summed E-state index contributed by atoms with van der Waals surface area (Å²) in [6.07, 6.45) is 1.71. The van der Waals surface area contributed by atoms with Crippen molar-refractivity contribution in [3.8, 4) is 6.07 Å². The summed E-state index contributed by atoms with van der Waals surface area (Å²) in [6, 6.07) is 8.81. The minimum Gasteiger partial charge on any atom is -0.323 e. The van der Waals surface area contributed by atoms with Crippen molar-refractivity contribution < 1.29 is 9.59 Å². The van der Waals surface area contributed by atoms with Crippen LogP contribution in [0.1, 0.15) is 30.1 Å². The number of nitrogens with one attached hydrogen (secondary N) is 1. The number of piperidine rings is 1. The number of urea groups is 1. The van der Waals surface area contributed by atoms with Crippen LogP contribution in [0.2, 0.25) is 0 Å². The summed E-state index contributed by atoms with van der Waals surface area (Å²) in [5, 5.41) is 11.7. The van der Waals surface area contributed by atoms with Crippen molar-refractivity contribution in [1.29, 1.82) is 5.26 Å². The third-order valence-electron chi connectivity index (χ3n) is 3.43. The fraction of sp³-hybridized carbons (Fsp3) is 0.400. The number of carbonyl (C=O) groups excluding carboxylic acids is 2. The molecule has 1 atom stereocenters. The van der Waals surface area contributed by atoms with Gasteiger partial charge in [0.05, 0.1) is 12.0 Å². The lowest BCUT2D eigenvalue weighted by Crippen LogP contribution is -2.42. The molecule has 1 N–H and O–H groups in total. The molecule has 20 heavy (non-hydrogen) atoms. The minimum atomic E-state index is -0.194. The van der Waals surface area contributed by atoms with E-state index in [1.807, 2.05) is 0 Å². The van der Waals surface area contributed by atoms with E-state index >= 15 is 0 Å². The van der Waals surface area contributed by atoms with Gasteiger partial charge in [-0.25, -0.2) is 4.79 Å². The molecular weight excluding hydrogens is 254 g/mol. The molecule has 104 valence electrons. The number of nitriles is 1. The first-order valence-electron chi connectivity index (χ1n) is 6.66. The summed E-state index contributed by atoms with van der Waals surface area (Å²) in [5.41, 5.74) is 1.27. The second-order valence-corrected chi connectivity index (χ2v) is 4.98. The second-order valence-electron chi connectivity index (χ2n) is 4.98. The Kier molecular flexibility index (Phi) is 4.36. The van der Waals surface area contributed by atoms with Crippen LogP contribution in [0, 0.1) is 17.2 Å². The van der Waals surface area contributed by atoms with Gasteiger partial charge in [0.1, 0.15) is 0 Å². The SMILES string of the molecule is CC(=O)c1ccc(NC(=O)N2CCC[C@@H](C#N)C2)cc1. The first-order chi connectivity index (χ1) is 9.60. The van der Waals surface area contributed by atoms with Crippen molar-refractivity contribution in [2.45, 2.75) is 19.8 Å². The zero-order valence-electron chi connectivity index (χ0n) is 11.4. The number of hydrogen-bond donors (Lipinski definition) is 1. The molecule has 1 heterocycles. The Morgan fingerprint density at radius 1 is 1.35 bits per heavy atom. The highest BCUT2D eigenvalue weighted by atomic mass is 16.2. The van der Waals surface area contributed by atoms with Crippen molar-refractivity contribution in [2.24, 2.45) is 5.92 Å². The molecule has 0 radical (unpaired) electrons. The molecule has 1 fully saturated rings. The fourth-order valence-electron chi connectivity index (χ4n) is 2.26. The lowest BCUT2D eigenvalue weighted by Gasteiger charge is -2.29. The van der Waals surface area contributed by atoms with E-state index in [0.717, 1.165) is 12.8 Å². The first-order valence-corrected chi connectivity index (χ1v) is 6.66. The Morgan fingerprint density at radius 3 is 2.65 bits per heavy atom. The van der Waals surface area contributed by atoms with Gasteiger partial charge in [0.25, 0.3) is 0 Å². The maximum Gasteiger partial charge on any atom is 0.321 e. The number of hydrogen-bond acceptors (Lipinski definition) is 3. The van der Waals surface area contributed by atoms with Crippen molar-refractivity contribution in [2.75, 3.05) is 18.4 Å². The van der Waals surface area contributed by atoms with E-state index in [2.05, 4.69) is 11.4 Å². The molecule has 2 rings (SSSR count). The summed E-state index contributed by atoms with van der Waals surface area (Å²) in [7, 11) is 0. The quantitative estimate of drug-likeness (QED) is 0.840. The van der Waals surface area contributed by atoms with Crippen molar-refractivity contribution in [1.82, 2.24) is 4.90 Å². The maximum atomic E-state index is 12.1. The molecule has 0 aliphatic carbocycles. The van der Waals surface area contributed by atoms with E-state index in [1.54, 1.807) is 29.2 Å². The molecule has 1 aliphatic heterocycles. The zero-order valence-corrected chi connectivity index (χ0v) is 11.4. The van der Waals surface area contributed by atoms with Crippen LogP contribution in [0.25, 0.3) is 0 Å². The number of rotatable bonds is 2. The van der Waals surface area contributed by atoms with Crippen LogP contribution in [-0.4, -0.2) is 29.8 Å². The van der Waals surface area contributed by atoms with Crippen LogP contribution in [0.5, 0.6) is 0 Å². The molecule has 5 nitrogen and oxygen atoms in total. The Labute approximate surface area is 118 Å². The van der Waals surface area contributed by atoms with Crippen molar-refractivity contribution in [3.05, 3.63) is 29.8 Å². The molecule has 1 aromatic carbocycles. The summed E-state index contributed by atoms with van der Waals surface area (Å²) in [4.78, 5) is 24.9. The molecule has 0 saturated carbocycles. The number of nitrogens with zero attached hydrogens (tertiary/aromatic N) is 2. The molecule has 0 unspecified atom stereocenters. The van der Waals surface area contributed by atoms with Gasteiger partial charge in [-0.15, -0.1) is 0 Å². The molecule has 2 amide bonds. The molecule has 0 bridgehead atoms. The second kappa shape index (κ2) is 6.20. The molecule has 5 heteroatoms. The predicted molar refractivity (Wildman–Crippen MR) is 75.4 cm³/mol. The van der Waals surface area contributed by atoms with E-state index in [1.165, 1.54) is 6.92 Å². The molecule has 0 spiro atoms. The van der Waals surface area contributed by atoms with Gasteiger partial charge in [0.15, 0.2) is 5.78 Å². The van der Waals surface area contributed by atoms with Gasteiger partial charge < -0.3 is 10.2 Å². The molecule has 1 saturated heterocycles. The number of Topliss-reactive ketones (excluding diaryl/α,β-unsaturated/α-hetero) is 1. The van der Waals surface area contributed by atoms with Crippen LogP contribution >= 0.6 is 0 Å². The topological polar surface area (TPSA) is 73.2 Å². The highest BCUT2D eigenvalue weighted by Crippen LogP contribution is 2.17. The van der Waals surface area contributed by atoms with Crippen LogP contribution < -0.4 is 5.32 Å². The zero-order chi connectivity index (χ0) is 14.5. The van der Waals surface area contributed by atoms with Crippen LogP contribution in [0.4, 0.5) is 10.5 Å².